The molecule has 2 rings (SSSR count). The average Bonchev–Trinajstić information content (AvgIpc) is 2.83. The van der Waals surface area contributed by atoms with Crippen LogP contribution in [0.2, 0.25) is 0 Å². The summed E-state index contributed by atoms with van der Waals surface area (Å²) >= 11 is 0. The first-order valence-electron chi connectivity index (χ1n) is 5.07. The summed E-state index contributed by atoms with van der Waals surface area (Å²) in [5.41, 5.74) is -0.459. The second-order valence-electron chi connectivity index (χ2n) is 3.74. The van der Waals surface area contributed by atoms with Crippen LogP contribution in [0, 0.1) is 10.1 Å². The molecular formula is C9H12ClN3O4S. The lowest BCUT2D eigenvalue weighted by Gasteiger charge is -2.09. The number of nitrogens with zero attached hydrogens (tertiary/aromatic N) is 2. The molecule has 9 heteroatoms. The molecule has 1 aliphatic rings. The van der Waals surface area contributed by atoms with Crippen LogP contribution in [-0.4, -0.2) is 36.7 Å². The van der Waals surface area contributed by atoms with E-state index >= 15 is 0 Å². The van der Waals surface area contributed by atoms with Gasteiger partial charge in [0.2, 0.25) is 14.9 Å². The lowest BCUT2D eigenvalue weighted by Crippen LogP contribution is -2.25. The maximum Gasteiger partial charge on any atom is 0.306 e. The van der Waals surface area contributed by atoms with Crippen molar-refractivity contribution in [3.8, 4) is 0 Å². The van der Waals surface area contributed by atoms with Gasteiger partial charge in [-0.3, -0.25) is 10.1 Å². The van der Waals surface area contributed by atoms with Gasteiger partial charge in [0.15, 0.2) is 0 Å². The zero-order valence-corrected chi connectivity index (χ0v) is 10.9. The van der Waals surface area contributed by atoms with E-state index in [-0.39, 0.29) is 12.4 Å². The molecule has 0 amide bonds. The topological polar surface area (TPSA) is 102 Å². The molecule has 2 heterocycles. The van der Waals surface area contributed by atoms with Gasteiger partial charge in [-0.05, 0) is 19.0 Å². The Bertz CT molecular complexity index is 542. The molecule has 18 heavy (non-hydrogen) atoms. The molecule has 1 atom stereocenters. The number of hydrogen-bond donors (Lipinski definition) is 1. The van der Waals surface area contributed by atoms with Crippen LogP contribution in [0.1, 0.15) is 6.42 Å². The highest BCUT2D eigenvalue weighted by Crippen LogP contribution is 2.26. The molecule has 1 aromatic rings. The highest BCUT2D eigenvalue weighted by Gasteiger charge is 2.36. The fourth-order valence-electron chi connectivity index (χ4n) is 1.79. The minimum Gasteiger partial charge on any atom is -0.315 e. The molecule has 0 spiro atoms. The van der Waals surface area contributed by atoms with E-state index in [2.05, 4.69) is 10.3 Å². The van der Waals surface area contributed by atoms with Crippen molar-refractivity contribution in [1.82, 2.24) is 10.3 Å². The lowest BCUT2D eigenvalue weighted by atomic mass is 10.4. The van der Waals surface area contributed by atoms with Crippen LogP contribution in [-0.2, 0) is 9.84 Å². The Hall–Kier alpha value is -1.25. The number of hydrogen-bond acceptors (Lipinski definition) is 6. The molecule has 0 saturated carbocycles. The van der Waals surface area contributed by atoms with Crippen LogP contribution in [0.25, 0.3) is 0 Å². The lowest BCUT2D eigenvalue weighted by molar-refractivity contribution is -0.388. The first kappa shape index (κ1) is 14.8. The molecule has 1 aliphatic heterocycles. The monoisotopic (exact) mass is 293 g/mol. The Morgan fingerprint density at radius 3 is 2.78 bits per heavy atom. The van der Waals surface area contributed by atoms with Crippen LogP contribution in [0.3, 0.4) is 0 Å². The first-order chi connectivity index (χ1) is 8.03. The minimum absolute atomic E-state index is 0. The van der Waals surface area contributed by atoms with Crippen molar-refractivity contribution < 1.29 is 13.3 Å². The predicted molar refractivity (Wildman–Crippen MR) is 66.6 cm³/mol. The number of halogens is 1. The van der Waals surface area contributed by atoms with Crippen LogP contribution in [0.15, 0.2) is 23.4 Å². The van der Waals surface area contributed by atoms with Crippen LogP contribution in [0.4, 0.5) is 5.69 Å². The fraction of sp³-hybridized carbons (Fsp3) is 0.444. The molecular weight excluding hydrogens is 282 g/mol. The molecule has 7 nitrogen and oxygen atoms in total. The molecule has 0 radical (unpaired) electrons. The van der Waals surface area contributed by atoms with Crippen molar-refractivity contribution in [2.75, 3.05) is 13.1 Å². The van der Waals surface area contributed by atoms with E-state index in [0.717, 1.165) is 6.07 Å². The van der Waals surface area contributed by atoms with E-state index in [9.17, 15) is 18.5 Å². The summed E-state index contributed by atoms with van der Waals surface area (Å²) in [7, 11) is -3.73. The van der Waals surface area contributed by atoms with E-state index in [1.807, 2.05) is 0 Å². The third kappa shape index (κ3) is 2.60. The second-order valence-corrected chi connectivity index (χ2v) is 5.89. The largest absolute Gasteiger partial charge is 0.315 e. The number of pyridine rings is 1. The van der Waals surface area contributed by atoms with Crippen LogP contribution in [0.5, 0.6) is 0 Å². The summed E-state index contributed by atoms with van der Waals surface area (Å²) in [5.74, 6) is 0. The molecule has 1 fully saturated rings. The Labute approximate surface area is 110 Å². The third-order valence-electron chi connectivity index (χ3n) is 2.67. The van der Waals surface area contributed by atoms with Gasteiger partial charge in [0.05, 0.1) is 10.2 Å². The number of rotatable bonds is 3. The number of aromatic nitrogens is 1. The Balaban J connectivity index is 0.00000162. The predicted octanol–water partition coefficient (Wildman–Crippen LogP) is 0.547. The van der Waals surface area contributed by atoms with Gasteiger partial charge in [0.1, 0.15) is 0 Å². The number of sulfone groups is 1. The Morgan fingerprint density at radius 2 is 2.22 bits per heavy atom. The number of nitrogens with one attached hydrogen (secondary N) is 1. The quantitative estimate of drug-likeness (QED) is 0.645. The van der Waals surface area contributed by atoms with Crippen molar-refractivity contribution in [3.05, 3.63) is 28.4 Å². The van der Waals surface area contributed by atoms with E-state index in [1.165, 1.54) is 12.3 Å². The van der Waals surface area contributed by atoms with E-state index in [0.29, 0.717) is 19.5 Å². The van der Waals surface area contributed by atoms with Gasteiger partial charge < -0.3 is 5.32 Å². The first-order valence-corrected chi connectivity index (χ1v) is 6.62. The van der Waals surface area contributed by atoms with Gasteiger partial charge in [-0.2, -0.15) is 0 Å². The average molecular weight is 294 g/mol. The second kappa shape index (κ2) is 5.59. The Kier molecular flexibility index (Phi) is 4.60. The highest BCUT2D eigenvalue weighted by molar-refractivity contribution is 7.92. The summed E-state index contributed by atoms with van der Waals surface area (Å²) in [6.45, 7) is 0.917. The Morgan fingerprint density at radius 1 is 1.50 bits per heavy atom. The van der Waals surface area contributed by atoms with Gasteiger partial charge in [0, 0.05) is 18.8 Å². The van der Waals surface area contributed by atoms with Crippen molar-refractivity contribution in [3.63, 3.8) is 0 Å². The zero-order valence-electron chi connectivity index (χ0n) is 9.27. The van der Waals surface area contributed by atoms with E-state index in [1.54, 1.807) is 0 Å². The van der Waals surface area contributed by atoms with Gasteiger partial charge in [-0.1, -0.05) is 0 Å². The van der Waals surface area contributed by atoms with Gasteiger partial charge in [0.25, 0.3) is 0 Å². The SMILES string of the molecule is Cl.O=[N+]([O-])c1cccnc1S(=O)(=O)[C@@H]1CCNC1. The molecule has 0 aromatic carbocycles. The van der Waals surface area contributed by atoms with Crippen LogP contribution < -0.4 is 5.32 Å². The van der Waals surface area contributed by atoms with Crippen molar-refractivity contribution >= 4 is 27.9 Å². The molecule has 0 bridgehead atoms. The minimum atomic E-state index is -3.73. The maximum absolute atomic E-state index is 12.2. The molecule has 1 N–H and O–H groups in total. The van der Waals surface area contributed by atoms with Crippen LogP contribution >= 0.6 is 12.4 Å². The summed E-state index contributed by atoms with van der Waals surface area (Å²) in [5, 5.41) is 12.6. The zero-order chi connectivity index (χ0) is 12.5. The molecule has 1 saturated heterocycles. The molecule has 0 unspecified atom stereocenters. The summed E-state index contributed by atoms with van der Waals surface area (Å²) in [6, 6.07) is 2.51. The summed E-state index contributed by atoms with van der Waals surface area (Å²) in [4.78, 5) is 13.7. The van der Waals surface area contributed by atoms with E-state index < -0.39 is 30.7 Å². The van der Waals surface area contributed by atoms with Gasteiger partial charge >= 0.3 is 5.69 Å². The summed E-state index contributed by atoms with van der Waals surface area (Å²) < 4.78 is 24.3. The molecule has 100 valence electrons. The third-order valence-corrected chi connectivity index (χ3v) is 4.80. The maximum atomic E-state index is 12.2. The fourth-order valence-corrected chi connectivity index (χ4v) is 3.51. The van der Waals surface area contributed by atoms with Gasteiger partial charge in [-0.25, -0.2) is 13.4 Å². The number of nitro groups is 1. The highest BCUT2D eigenvalue weighted by atomic mass is 35.5. The smallest absolute Gasteiger partial charge is 0.306 e. The summed E-state index contributed by atoms with van der Waals surface area (Å²) in [6.07, 6.45) is 1.71. The molecule has 0 aliphatic carbocycles. The van der Waals surface area contributed by atoms with Crippen molar-refractivity contribution in [1.29, 1.82) is 0 Å². The molecule has 1 aromatic heterocycles. The van der Waals surface area contributed by atoms with Crippen molar-refractivity contribution in [2.45, 2.75) is 16.7 Å². The standard InChI is InChI=1S/C9H11N3O4S.ClH/c13-12(14)8-2-1-4-11-9(8)17(15,16)7-3-5-10-6-7;/h1-2,4,7,10H,3,5-6H2;1H/t7-;/m1./s1. The van der Waals surface area contributed by atoms with E-state index in [4.69, 9.17) is 0 Å². The normalized spacial score (nSPS) is 19.2. The van der Waals surface area contributed by atoms with Gasteiger partial charge in [-0.15, -0.1) is 12.4 Å². The van der Waals surface area contributed by atoms with Crippen molar-refractivity contribution in [2.24, 2.45) is 0 Å².